The second-order valence-corrected chi connectivity index (χ2v) is 6.68. The van der Waals surface area contributed by atoms with Gasteiger partial charge in [-0.3, -0.25) is 14.8 Å². The van der Waals surface area contributed by atoms with Gasteiger partial charge in [0.05, 0.1) is 11.4 Å². The van der Waals surface area contributed by atoms with Crippen molar-refractivity contribution in [1.82, 2.24) is 20.9 Å². The number of hydrogen-bond acceptors (Lipinski definition) is 6. The van der Waals surface area contributed by atoms with Gasteiger partial charge in [-0.1, -0.05) is 6.58 Å². The highest BCUT2D eigenvalue weighted by Crippen LogP contribution is 2.20. The third-order valence-electron chi connectivity index (χ3n) is 4.74. The highest BCUT2D eigenvalue weighted by Gasteiger charge is 2.25. The number of hydrogen-bond donors (Lipinski definition) is 3. The number of hydrazine groups is 2. The van der Waals surface area contributed by atoms with E-state index in [0.717, 1.165) is 55.0 Å². The number of allylic oxidation sites excluding steroid dienone is 3. The summed E-state index contributed by atoms with van der Waals surface area (Å²) in [6.45, 7) is 8.84. The summed E-state index contributed by atoms with van der Waals surface area (Å²) >= 11 is 0. The van der Waals surface area contributed by atoms with Gasteiger partial charge in [0.2, 0.25) is 5.91 Å². The van der Waals surface area contributed by atoms with Crippen molar-refractivity contribution in [2.75, 3.05) is 26.2 Å². The molecule has 3 aliphatic rings. The molecule has 0 saturated carbocycles. The van der Waals surface area contributed by atoms with Gasteiger partial charge in [0.25, 0.3) is 0 Å². The van der Waals surface area contributed by atoms with Crippen LogP contribution in [0.3, 0.4) is 0 Å². The van der Waals surface area contributed by atoms with Gasteiger partial charge in [0, 0.05) is 44.7 Å². The second kappa shape index (κ2) is 7.67. The molecule has 0 bridgehead atoms. The Morgan fingerprint density at radius 2 is 2.40 bits per heavy atom. The minimum Gasteiger partial charge on any atom is -0.339 e. The van der Waals surface area contributed by atoms with Crippen molar-refractivity contribution >= 4 is 11.6 Å². The minimum absolute atomic E-state index is 0.0375. The fourth-order valence-corrected chi connectivity index (χ4v) is 3.21. The van der Waals surface area contributed by atoms with Crippen molar-refractivity contribution in [3.8, 4) is 0 Å². The van der Waals surface area contributed by atoms with Crippen molar-refractivity contribution < 1.29 is 4.79 Å². The Hall–Kier alpha value is -2.38. The molecule has 4 N–H and O–H groups in total. The van der Waals surface area contributed by atoms with Crippen molar-refractivity contribution in [1.29, 1.82) is 0 Å². The molecule has 1 fully saturated rings. The van der Waals surface area contributed by atoms with E-state index in [4.69, 9.17) is 5.73 Å². The molecule has 1 atom stereocenters. The Labute approximate surface area is 148 Å². The average Bonchev–Trinajstić information content (AvgIpc) is 3.20. The number of nitrogens with two attached hydrogens (primary N) is 1. The third kappa shape index (κ3) is 4.18. The number of nitrogens with zero attached hydrogens (tertiary/aromatic N) is 3. The van der Waals surface area contributed by atoms with Crippen LogP contribution in [-0.4, -0.2) is 47.7 Å². The summed E-state index contributed by atoms with van der Waals surface area (Å²) in [6.07, 6.45) is 9.28. The van der Waals surface area contributed by atoms with Crippen LogP contribution < -0.4 is 16.7 Å². The lowest BCUT2D eigenvalue weighted by Crippen LogP contribution is -2.45. The van der Waals surface area contributed by atoms with E-state index < -0.39 is 0 Å². The van der Waals surface area contributed by atoms with E-state index in [1.54, 1.807) is 18.4 Å². The smallest absolute Gasteiger partial charge is 0.246 e. The van der Waals surface area contributed by atoms with Gasteiger partial charge in [-0.15, -0.1) is 5.53 Å². The first kappa shape index (κ1) is 17.4. The van der Waals surface area contributed by atoms with Gasteiger partial charge in [-0.2, -0.15) is 0 Å². The third-order valence-corrected chi connectivity index (χ3v) is 4.74. The maximum absolute atomic E-state index is 12.5. The van der Waals surface area contributed by atoms with Crippen LogP contribution in [-0.2, 0) is 4.79 Å². The van der Waals surface area contributed by atoms with Crippen molar-refractivity contribution in [3.05, 3.63) is 48.0 Å². The normalized spacial score (nSPS) is 23.7. The van der Waals surface area contributed by atoms with Gasteiger partial charge in [-0.05, 0) is 42.9 Å². The van der Waals surface area contributed by atoms with Crippen molar-refractivity contribution in [3.63, 3.8) is 0 Å². The van der Waals surface area contributed by atoms with Gasteiger partial charge in [-0.25, -0.2) is 0 Å². The minimum atomic E-state index is 0.0375. The van der Waals surface area contributed by atoms with E-state index in [2.05, 4.69) is 22.5 Å². The van der Waals surface area contributed by atoms with Gasteiger partial charge in [0.15, 0.2) is 0 Å². The van der Waals surface area contributed by atoms with E-state index in [1.807, 2.05) is 23.0 Å². The summed E-state index contributed by atoms with van der Waals surface area (Å²) in [5, 5.41) is 2.00. The molecule has 0 unspecified atom stereocenters. The van der Waals surface area contributed by atoms with Gasteiger partial charge >= 0.3 is 0 Å². The quantitative estimate of drug-likeness (QED) is 0.644. The molecular formula is C18H26N6O. The van der Waals surface area contributed by atoms with Crippen LogP contribution in [0.15, 0.2) is 53.0 Å². The van der Waals surface area contributed by atoms with Crippen LogP contribution >= 0.6 is 0 Å². The first-order valence-corrected chi connectivity index (χ1v) is 8.67. The maximum Gasteiger partial charge on any atom is 0.246 e. The summed E-state index contributed by atoms with van der Waals surface area (Å²) in [5.41, 5.74) is 15.4. The number of amides is 1. The molecule has 25 heavy (non-hydrogen) atoms. The van der Waals surface area contributed by atoms with Gasteiger partial charge in [0.1, 0.15) is 0 Å². The first-order chi connectivity index (χ1) is 12.1. The van der Waals surface area contributed by atoms with Crippen molar-refractivity contribution in [2.24, 2.45) is 16.6 Å². The lowest BCUT2D eigenvalue weighted by Gasteiger charge is -2.34. The molecule has 3 aliphatic heterocycles. The zero-order valence-electron chi connectivity index (χ0n) is 14.7. The second-order valence-electron chi connectivity index (χ2n) is 6.68. The predicted molar refractivity (Wildman–Crippen MR) is 98.9 cm³/mol. The van der Waals surface area contributed by atoms with Crippen LogP contribution in [0.1, 0.15) is 19.8 Å². The van der Waals surface area contributed by atoms with Crippen LogP contribution in [0.4, 0.5) is 0 Å². The molecule has 0 aliphatic carbocycles. The predicted octanol–water partition coefficient (Wildman–Crippen LogP) is 0.821. The Morgan fingerprint density at radius 3 is 3.08 bits per heavy atom. The standard InChI is InChI=1S/C18H26N6O/c1-13-9-20-17(14(13)2)5-6-18(25)23-7-3-4-15(10-23)11-24-12-16(8-19)21-22-24/h5-6,9,12,15,21-22H,2-4,7-8,10-11,19H2,1H3/b6-5+/t15-/m1/s1. The van der Waals surface area contributed by atoms with E-state index in [0.29, 0.717) is 12.5 Å². The van der Waals surface area contributed by atoms with E-state index in [-0.39, 0.29) is 5.91 Å². The summed E-state index contributed by atoms with van der Waals surface area (Å²) in [6, 6.07) is 0. The largest absolute Gasteiger partial charge is 0.339 e. The number of carbonyl (C=O) groups is 1. The summed E-state index contributed by atoms with van der Waals surface area (Å²) in [7, 11) is 0. The number of nitrogens with one attached hydrogen (secondary N) is 2. The topological polar surface area (TPSA) is 86.0 Å². The van der Waals surface area contributed by atoms with E-state index >= 15 is 0 Å². The molecule has 3 heterocycles. The van der Waals surface area contributed by atoms with E-state index in [9.17, 15) is 4.79 Å². The molecule has 3 rings (SSSR count). The number of aliphatic imine (C=N–C) groups is 1. The molecule has 0 aromatic rings. The Kier molecular flexibility index (Phi) is 5.35. The fourth-order valence-electron chi connectivity index (χ4n) is 3.21. The van der Waals surface area contributed by atoms with Gasteiger partial charge < -0.3 is 16.1 Å². The highest BCUT2D eigenvalue weighted by atomic mass is 16.2. The van der Waals surface area contributed by atoms with Crippen LogP contribution in [0.25, 0.3) is 0 Å². The lowest BCUT2D eigenvalue weighted by molar-refractivity contribution is -0.127. The molecule has 1 amide bonds. The summed E-state index contributed by atoms with van der Waals surface area (Å²) in [5.74, 6) is 0.465. The summed E-state index contributed by atoms with van der Waals surface area (Å²) in [4.78, 5) is 18.7. The average molecular weight is 342 g/mol. The molecule has 0 radical (unpaired) electrons. The van der Waals surface area contributed by atoms with E-state index in [1.165, 1.54) is 0 Å². The lowest BCUT2D eigenvalue weighted by atomic mass is 9.97. The van der Waals surface area contributed by atoms with Crippen molar-refractivity contribution in [2.45, 2.75) is 19.8 Å². The molecule has 1 saturated heterocycles. The molecule has 7 heteroatoms. The number of likely N-dealkylation sites (tertiary alicyclic amines) is 1. The Balaban J connectivity index is 1.52. The fraction of sp³-hybridized carbons (Fsp3) is 0.444. The Bertz CT molecular complexity index is 675. The molecule has 134 valence electrons. The highest BCUT2D eigenvalue weighted by molar-refractivity contribution is 6.14. The maximum atomic E-state index is 12.5. The molecule has 0 spiro atoms. The molecular weight excluding hydrogens is 316 g/mol. The number of piperidine rings is 1. The zero-order chi connectivity index (χ0) is 17.8. The van der Waals surface area contributed by atoms with Crippen LogP contribution in [0.5, 0.6) is 0 Å². The monoisotopic (exact) mass is 342 g/mol. The molecule has 7 nitrogen and oxygen atoms in total. The van der Waals surface area contributed by atoms with Crippen LogP contribution in [0, 0.1) is 5.92 Å². The van der Waals surface area contributed by atoms with Crippen LogP contribution in [0.2, 0.25) is 0 Å². The SMILES string of the molecule is C=C1C(C)=CN=C1/C=C/C(=O)N1CCC[C@@H](CN2C=C(CN)NN2)C1. The molecule has 0 aromatic carbocycles. The Morgan fingerprint density at radius 1 is 1.56 bits per heavy atom. The first-order valence-electron chi connectivity index (χ1n) is 8.67. The molecule has 0 aromatic heterocycles. The number of rotatable bonds is 5. The number of carbonyl (C=O) groups excluding carboxylic acids is 1. The summed E-state index contributed by atoms with van der Waals surface area (Å²) < 4.78 is 0. The zero-order valence-corrected chi connectivity index (χ0v) is 14.7.